The number of hydrogen-bond donors (Lipinski definition) is 1. The van der Waals surface area contributed by atoms with E-state index in [2.05, 4.69) is 37.4 Å². The molecule has 0 atom stereocenters. The predicted octanol–water partition coefficient (Wildman–Crippen LogP) is 7.04. The van der Waals surface area contributed by atoms with E-state index in [4.69, 9.17) is 9.47 Å². The van der Waals surface area contributed by atoms with Crippen molar-refractivity contribution in [3.8, 4) is 18.2 Å². The van der Waals surface area contributed by atoms with Gasteiger partial charge in [-0.2, -0.15) is 15.8 Å². The van der Waals surface area contributed by atoms with Crippen LogP contribution in [0.2, 0.25) is 0 Å². The fraction of sp³-hybridized carbons (Fsp3) is 0.180. The number of ether oxygens (including phenoxy) is 2. The highest BCUT2D eigenvalue weighted by atomic mass is 16.5. The van der Waals surface area contributed by atoms with Gasteiger partial charge in [0.25, 0.3) is 23.6 Å². The highest BCUT2D eigenvalue weighted by Crippen LogP contribution is 2.35. The fourth-order valence-electron chi connectivity index (χ4n) is 8.05. The molecule has 2 aliphatic rings. The molecule has 2 aliphatic heterocycles. The maximum atomic E-state index is 13.9. The predicted molar refractivity (Wildman–Crippen MR) is 233 cm³/mol. The molecule has 5 aromatic carbocycles. The van der Waals surface area contributed by atoms with E-state index in [0.29, 0.717) is 23.4 Å². The average Bonchev–Trinajstić information content (AvgIpc) is 3.69. The number of aryl methyl sites for hydroxylation is 4. The van der Waals surface area contributed by atoms with Gasteiger partial charge in [-0.15, -0.1) is 0 Å². The van der Waals surface area contributed by atoms with Gasteiger partial charge in [0.15, 0.2) is 0 Å². The van der Waals surface area contributed by atoms with Gasteiger partial charge < -0.3 is 14.4 Å². The summed E-state index contributed by atoms with van der Waals surface area (Å²) in [5.74, 6) is -3.75. The maximum Gasteiger partial charge on any atom is 0.338 e. The number of anilines is 2. The normalized spacial score (nSPS) is 12.4. The van der Waals surface area contributed by atoms with E-state index in [1.165, 1.54) is 47.5 Å². The highest BCUT2D eigenvalue weighted by Gasteiger charge is 2.39. The summed E-state index contributed by atoms with van der Waals surface area (Å²) in [5.41, 5.74) is 7.49. The third-order valence-electron chi connectivity index (χ3n) is 10.9. The van der Waals surface area contributed by atoms with Crippen LogP contribution in [0.15, 0.2) is 96.6 Å². The minimum atomic E-state index is -0.755. The van der Waals surface area contributed by atoms with Gasteiger partial charge in [-0.25, -0.2) is 14.5 Å². The number of allylic oxidation sites excluding steroid dienone is 2. The molecule has 316 valence electrons. The Balaban J connectivity index is 1.04. The number of imide groups is 2. The third kappa shape index (κ3) is 8.73. The molecule has 0 fully saturated rings. The Bertz CT molecular complexity index is 2940. The summed E-state index contributed by atoms with van der Waals surface area (Å²) < 4.78 is 11.1. The van der Waals surface area contributed by atoms with E-state index in [1.807, 2.05) is 32.0 Å². The standard InChI is InChI=1S/C50H38N6O8/c1-28-17-29(2)19-32(18-28)22-33-20-30(3)44(31(4)21-33)56-47(59)40-12-8-36(24-42(40)48(56)60)50(62)64-16-14-55(38-9-5-34(6-10-38)43(27-53)37(25-51)26-52)13-15-63-49(61)35-7-11-39-41(23-35)46(58)54-45(39)57/h5-12,17-21,23-24H,13-16,22H2,1-4H3,(H,54,57,58). The van der Waals surface area contributed by atoms with E-state index >= 15 is 0 Å². The Kier molecular flexibility index (Phi) is 12.3. The molecule has 5 aromatic rings. The zero-order valence-corrected chi connectivity index (χ0v) is 35.2. The first-order valence-corrected chi connectivity index (χ1v) is 20.0. The van der Waals surface area contributed by atoms with Crippen molar-refractivity contribution < 1.29 is 38.2 Å². The molecule has 0 bridgehead atoms. The van der Waals surface area contributed by atoms with Crippen LogP contribution in [0.25, 0.3) is 5.57 Å². The molecule has 2 heterocycles. The van der Waals surface area contributed by atoms with Crippen molar-refractivity contribution in [1.29, 1.82) is 15.8 Å². The molecule has 64 heavy (non-hydrogen) atoms. The van der Waals surface area contributed by atoms with Gasteiger partial charge in [-0.05, 0) is 110 Å². The molecule has 4 amide bonds. The Morgan fingerprint density at radius 3 is 1.66 bits per heavy atom. The molecule has 7 rings (SSSR count). The van der Waals surface area contributed by atoms with Crippen LogP contribution in [0, 0.1) is 61.7 Å². The summed E-state index contributed by atoms with van der Waals surface area (Å²) in [4.78, 5) is 81.0. The quantitative estimate of drug-likeness (QED) is 0.0718. The lowest BCUT2D eigenvalue weighted by Gasteiger charge is -2.25. The number of nitrogens with one attached hydrogen (secondary N) is 1. The molecule has 14 heteroatoms. The maximum absolute atomic E-state index is 13.9. The van der Waals surface area contributed by atoms with Gasteiger partial charge in [-0.3, -0.25) is 24.5 Å². The van der Waals surface area contributed by atoms with Crippen LogP contribution in [-0.2, 0) is 15.9 Å². The van der Waals surface area contributed by atoms with E-state index in [0.717, 1.165) is 27.2 Å². The van der Waals surface area contributed by atoms with Crippen molar-refractivity contribution in [3.05, 3.63) is 169 Å². The van der Waals surface area contributed by atoms with Crippen molar-refractivity contribution >= 4 is 52.5 Å². The van der Waals surface area contributed by atoms with Crippen LogP contribution >= 0.6 is 0 Å². The van der Waals surface area contributed by atoms with Crippen LogP contribution in [0.5, 0.6) is 0 Å². The molecule has 0 aliphatic carbocycles. The van der Waals surface area contributed by atoms with E-state index in [1.54, 1.807) is 41.3 Å². The number of amides is 4. The van der Waals surface area contributed by atoms with Gasteiger partial charge in [0.2, 0.25) is 0 Å². The average molecular weight is 851 g/mol. The zero-order valence-electron chi connectivity index (χ0n) is 35.2. The summed E-state index contributed by atoms with van der Waals surface area (Å²) in [6.07, 6.45) is 0.687. The first kappa shape index (κ1) is 43.4. The third-order valence-corrected chi connectivity index (χ3v) is 10.9. The van der Waals surface area contributed by atoms with Crippen molar-refractivity contribution in [2.24, 2.45) is 0 Å². The molecule has 1 N–H and O–H groups in total. The van der Waals surface area contributed by atoms with Crippen molar-refractivity contribution in [2.45, 2.75) is 34.1 Å². The Hall–Kier alpha value is -8.67. The topological polar surface area (TPSA) is 211 Å². The number of nitrogens with zero attached hydrogens (tertiary/aromatic N) is 5. The summed E-state index contributed by atoms with van der Waals surface area (Å²) in [5, 5.41) is 30.4. The number of fused-ring (bicyclic) bond motifs is 2. The van der Waals surface area contributed by atoms with E-state index in [9.17, 15) is 44.6 Å². The number of benzene rings is 5. The largest absolute Gasteiger partial charge is 0.460 e. The summed E-state index contributed by atoms with van der Waals surface area (Å²) >= 11 is 0. The first-order chi connectivity index (χ1) is 30.7. The molecule has 0 saturated carbocycles. The van der Waals surface area contributed by atoms with Gasteiger partial charge in [0.05, 0.1) is 57.7 Å². The number of nitriles is 3. The highest BCUT2D eigenvalue weighted by molar-refractivity contribution is 6.35. The van der Waals surface area contributed by atoms with Gasteiger partial charge in [0.1, 0.15) is 37.0 Å². The van der Waals surface area contributed by atoms with Crippen LogP contribution in [0.3, 0.4) is 0 Å². The van der Waals surface area contributed by atoms with Crippen molar-refractivity contribution in [3.63, 3.8) is 0 Å². The Labute approximate surface area is 368 Å². The second-order valence-electron chi connectivity index (χ2n) is 15.4. The lowest BCUT2D eigenvalue weighted by atomic mass is 9.96. The second kappa shape index (κ2) is 18.1. The molecule has 0 spiro atoms. The smallest absolute Gasteiger partial charge is 0.338 e. The summed E-state index contributed by atoms with van der Waals surface area (Å²) in [6.45, 7) is 7.63. The Morgan fingerprint density at radius 2 is 1.09 bits per heavy atom. The molecular weight excluding hydrogens is 813 g/mol. The first-order valence-electron chi connectivity index (χ1n) is 20.0. The second-order valence-corrected chi connectivity index (χ2v) is 15.4. The molecule has 14 nitrogen and oxygen atoms in total. The van der Waals surface area contributed by atoms with E-state index < -0.39 is 35.6 Å². The van der Waals surface area contributed by atoms with E-state index in [-0.39, 0.29) is 70.8 Å². The van der Waals surface area contributed by atoms with Gasteiger partial charge in [-0.1, -0.05) is 53.6 Å². The van der Waals surface area contributed by atoms with Crippen molar-refractivity contribution in [1.82, 2.24) is 5.32 Å². The van der Waals surface area contributed by atoms with Gasteiger partial charge in [0, 0.05) is 5.69 Å². The zero-order chi connectivity index (χ0) is 45.8. The van der Waals surface area contributed by atoms with Crippen LogP contribution in [-0.4, -0.2) is 61.9 Å². The molecule has 0 aromatic heterocycles. The summed E-state index contributed by atoms with van der Waals surface area (Å²) in [6, 6.07) is 30.2. The fourth-order valence-corrected chi connectivity index (χ4v) is 8.05. The molecule has 0 unspecified atom stereocenters. The molecule has 0 radical (unpaired) electrons. The Morgan fingerprint density at radius 1 is 0.594 bits per heavy atom. The number of esters is 2. The minimum absolute atomic E-state index is 0.0511. The molecular formula is C50H38N6O8. The van der Waals surface area contributed by atoms with Crippen LogP contribution in [0.4, 0.5) is 11.4 Å². The van der Waals surface area contributed by atoms with Crippen molar-refractivity contribution in [2.75, 3.05) is 36.1 Å². The van der Waals surface area contributed by atoms with Crippen LogP contribution in [0.1, 0.15) is 101 Å². The number of carbonyl (C=O) groups excluding carboxylic acids is 6. The lowest BCUT2D eigenvalue weighted by molar-refractivity contribution is 0.0503. The number of carbonyl (C=O) groups is 6. The SMILES string of the molecule is Cc1cc(C)cc(Cc2cc(C)c(N3C(=O)c4ccc(C(=O)OCCN(CCOC(=O)c5ccc6c(c5)C(=O)NC6=O)c5ccc(C(C#N)=C(C#N)C#N)cc5)cc4C3=O)c(C)c2)c1. The number of rotatable bonds is 13. The summed E-state index contributed by atoms with van der Waals surface area (Å²) in [7, 11) is 0. The van der Waals surface area contributed by atoms with Gasteiger partial charge >= 0.3 is 11.9 Å². The monoisotopic (exact) mass is 850 g/mol. The molecule has 0 saturated heterocycles. The lowest BCUT2D eigenvalue weighted by Crippen LogP contribution is -2.32. The van der Waals surface area contributed by atoms with Crippen LogP contribution < -0.4 is 15.1 Å². The minimum Gasteiger partial charge on any atom is -0.460 e. The number of hydrogen-bond acceptors (Lipinski definition) is 12.